The first-order valence-electron chi connectivity index (χ1n) is 6.82. The Morgan fingerprint density at radius 2 is 1.27 bits per heavy atom. The minimum Gasteiger partial charge on any atom is -0.508 e. The minimum absolute atomic E-state index is 0.236. The third-order valence-corrected chi connectivity index (χ3v) is 4.31. The Kier molecular flexibility index (Phi) is 4.17. The highest BCUT2D eigenvalue weighted by Crippen LogP contribution is 2.27. The number of phenols is 1. The Morgan fingerprint density at radius 3 is 1.86 bits per heavy atom. The molecule has 0 saturated heterocycles. The first-order chi connectivity index (χ1) is 10.7. The van der Waals surface area contributed by atoms with Crippen LogP contribution in [0.25, 0.3) is 11.1 Å². The quantitative estimate of drug-likeness (QED) is 0.721. The van der Waals surface area contributed by atoms with Crippen LogP contribution in [-0.4, -0.2) is 5.11 Å². The molecule has 0 bridgehead atoms. The third kappa shape index (κ3) is 3.33. The molecule has 108 valence electrons. The predicted molar refractivity (Wildman–Crippen MR) is 87.9 cm³/mol. The highest BCUT2D eigenvalue weighted by Gasteiger charge is 2.23. The summed E-state index contributed by atoms with van der Waals surface area (Å²) in [6.45, 7) is 0. The van der Waals surface area contributed by atoms with E-state index in [9.17, 15) is 9.67 Å². The maximum Gasteiger partial charge on any atom is 0.597 e. The Hall–Kier alpha value is -2.64. The molecule has 0 radical (unpaired) electrons. The van der Waals surface area contributed by atoms with Crippen molar-refractivity contribution in [3.63, 3.8) is 0 Å². The van der Waals surface area contributed by atoms with E-state index in [4.69, 9.17) is 4.52 Å². The molecule has 0 amide bonds. The third-order valence-electron chi connectivity index (χ3n) is 3.21. The van der Waals surface area contributed by atoms with E-state index < -0.39 is 8.03 Å². The molecule has 0 saturated carbocycles. The van der Waals surface area contributed by atoms with Gasteiger partial charge in [-0.1, -0.05) is 30.3 Å². The molecular formula is C18H14O3P+. The zero-order chi connectivity index (χ0) is 15.4. The standard InChI is InChI=1S/C18H13O3P/c19-16-10-6-14(7-11-16)15-8-12-18(13-9-15)22(20)21-17-4-2-1-3-5-17/h1-13H/p+1. The van der Waals surface area contributed by atoms with Crippen molar-refractivity contribution in [3.8, 4) is 22.6 Å². The molecule has 1 N–H and O–H groups in total. The van der Waals surface area contributed by atoms with Crippen molar-refractivity contribution < 1.29 is 14.2 Å². The summed E-state index contributed by atoms with van der Waals surface area (Å²) in [6.07, 6.45) is 0. The van der Waals surface area contributed by atoms with Gasteiger partial charge in [0, 0.05) is 0 Å². The summed E-state index contributed by atoms with van der Waals surface area (Å²) in [5, 5.41) is 9.95. The van der Waals surface area contributed by atoms with Gasteiger partial charge in [0.25, 0.3) is 0 Å². The Balaban J connectivity index is 1.76. The minimum atomic E-state index is -1.93. The number of hydrogen-bond donors (Lipinski definition) is 1. The average molecular weight is 309 g/mol. The summed E-state index contributed by atoms with van der Waals surface area (Å²) in [5.41, 5.74) is 1.98. The van der Waals surface area contributed by atoms with Crippen LogP contribution in [0.15, 0.2) is 78.9 Å². The smallest absolute Gasteiger partial charge is 0.508 e. The van der Waals surface area contributed by atoms with Crippen molar-refractivity contribution in [1.82, 2.24) is 0 Å². The van der Waals surface area contributed by atoms with Gasteiger partial charge >= 0.3 is 8.03 Å². The van der Waals surface area contributed by atoms with Crippen molar-refractivity contribution in [1.29, 1.82) is 0 Å². The summed E-state index contributed by atoms with van der Waals surface area (Å²) >= 11 is 0. The van der Waals surface area contributed by atoms with Crippen LogP contribution in [0.4, 0.5) is 0 Å². The van der Waals surface area contributed by atoms with Crippen molar-refractivity contribution in [3.05, 3.63) is 78.9 Å². The van der Waals surface area contributed by atoms with Crippen molar-refractivity contribution in [2.75, 3.05) is 0 Å². The fourth-order valence-corrected chi connectivity index (χ4v) is 2.87. The number of benzene rings is 3. The van der Waals surface area contributed by atoms with E-state index in [1.165, 1.54) is 0 Å². The van der Waals surface area contributed by atoms with Crippen LogP contribution in [0.1, 0.15) is 0 Å². The zero-order valence-corrected chi connectivity index (χ0v) is 12.6. The zero-order valence-electron chi connectivity index (χ0n) is 11.7. The van der Waals surface area contributed by atoms with Gasteiger partial charge in [0.15, 0.2) is 5.75 Å². The Labute approximate surface area is 129 Å². The monoisotopic (exact) mass is 309 g/mol. The van der Waals surface area contributed by atoms with E-state index in [1.54, 1.807) is 36.4 Å². The summed E-state index contributed by atoms with van der Waals surface area (Å²) < 4.78 is 17.6. The molecule has 4 heteroatoms. The highest BCUT2D eigenvalue weighted by molar-refractivity contribution is 7.48. The Bertz CT molecular complexity index is 766. The van der Waals surface area contributed by atoms with Gasteiger partial charge in [0.2, 0.25) is 5.30 Å². The largest absolute Gasteiger partial charge is 0.597 e. The second-order valence-corrected chi connectivity index (χ2v) is 5.97. The van der Waals surface area contributed by atoms with Gasteiger partial charge in [-0.05, 0) is 64.2 Å². The molecule has 3 nitrogen and oxygen atoms in total. The molecule has 0 spiro atoms. The molecule has 0 heterocycles. The summed E-state index contributed by atoms with van der Waals surface area (Å²) in [5.74, 6) is 0.825. The van der Waals surface area contributed by atoms with E-state index in [0.29, 0.717) is 11.1 Å². The molecule has 0 aromatic heterocycles. The number of para-hydroxylation sites is 1. The van der Waals surface area contributed by atoms with Gasteiger partial charge in [0.05, 0.1) is 0 Å². The van der Waals surface area contributed by atoms with Crippen LogP contribution >= 0.6 is 8.03 Å². The van der Waals surface area contributed by atoms with Gasteiger partial charge in [-0.2, -0.15) is 0 Å². The molecule has 0 aliphatic heterocycles. The molecule has 22 heavy (non-hydrogen) atoms. The molecule has 3 aromatic carbocycles. The number of hydrogen-bond acceptors (Lipinski definition) is 3. The average Bonchev–Trinajstić information content (AvgIpc) is 2.57. The van der Waals surface area contributed by atoms with E-state index >= 15 is 0 Å². The maximum absolute atomic E-state index is 12.2. The number of aromatic hydroxyl groups is 1. The SMILES string of the molecule is O=[P+](Oc1ccccc1)c1ccc(-c2ccc(O)cc2)cc1. The summed E-state index contributed by atoms with van der Waals surface area (Å²) in [6, 6.07) is 23.4. The van der Waals surface area contributed by atoms with Crippen LogP contribution in [0.2, 0.25) is 0 Å². The Morgan fingerprint density at radius 1 is 0.727 bits per heavy atom. The second kappa shape index (κ2) is 6.42. The first kappa shape index (κ1) is 14.3. The molecule has 0 fully saturated rings. The van der Waals surface area contributed by atoms with Crippen LogP contribution < -0.4 is 9.83 Å². The molecule has 3 rings (SSSR count). The van der Waals surface area contributed by atoms with Gasteiger partial charge in [0.1, 0.15) is 5.75 Å². The fraction of sp³-hybridized carbons (Fsp3) is 0. The van der Waals surface area contributed by atoms with Gasteiger partial charge in [-0.3, -0.25) is 4.52 Å². The van der Waals surface area contributed by atoms with Crippen LogP contribution in [0, 0.1) is 0 Å². The van der Waals surface area contributed by atoms with Crippen molar-refractivity contribution >= 4 is 13.3 Å². The summed E-state index contributed by atoms with van der Waals surface area (Å²) in [4.78, 5) is 0. The lowest BCUT2D eigenvalue weighted by molar-refractivity contribution is 0.475. The van der Waals surface area contributed by atoms with E-state index in [-0.39, 0.29) is 5.75 Å². The molecule has 1 atom stereocenters. The van der Waals surface area contributed by atoms with Gasteiger partial charge in [-0.15, -0.1) is 0 Å². The number of rotatable bonds is 4. The lowest BCUT2D eigenvalue weighted by atomic mass is 10.1. The van der Waals surface area contributed by atoms with Crippen molar-refractivity contribution in [2.24, 2.45) is 0 Å². The lowest BCUT2D eigenvalue weighted by Crippen LogP contribution is -1.99. The first-order valence-corrected chi connectivity index (χ1v) is 8.00. The fourth-order valence-electron chi connectivity index (χ4n) is 2.06. The topological polar surface area (TPSA) is 46.5 Å². The van der Waals surface area contributed by atoms with Crippen LogP contribution in [-0.2, 0) is 4.57 Å². The molecule has 0 aliphatic rings. The van der Waals surface area contributed by atoms with E-state index in [1.807, 2.05) is 42.5 Å². The second-order valence-electron chi connectivity index (χ2n) is 4.76. The van der Waals surface area contributed by atoms with Crippen LogP contribution in [0.3, 0.4) is 0 Å². The molecular weight excluding hydrogens is 295 g/mol. The predicted octanol–water partition coefficient (Wildman–Crippen LogP) is 4.51. The van der Waals surface area contributed by atoms with E-state index in [2.05, 4.69) is 0 Å². The summed E-state index contributed by atoms with van der Waals surface area (Å²) in [7, 11) is -1.93. The lowest BCUT2D eigenvalue weighted by Gasteiger charge is -2.01. The maximum atomic E-state index is 12.2. The van der Waals surface area contributed by atoms with E-state index in [0.717, 1.165) is 11.1 Å². The number of phenolic OH excluding ortho intramolecular Hbond substituents is 1. The van der Waals surface area contributed by atoms with Gasteiger partial charge < -0.3 is 5.11 Å². The molecule has 3 aromatic rings. The normalized spacial score (nSPS) is 11.0. The van der Waals surface area contributed by atoms with Crippen LogP contribution in [0.5, 0.6) is 11.5 Å². The van der Waals surface area contributed by atoms with Crippen molar-refractivity contribution in [2.45, 2.75) is 0 Å². The van der Waals surface area contributed by atoms with Gasteiger partial charge in [-0.25, -0.2) is 0 Å². The highest BCUT2D eigenvalue weighted by atomic mass is 31.1. The molecule has 1 unspecified atom stereocenters. The molecule has 0 aliphatic carbocycles.